The molecule has 1 saturated heterocycles. The van der Waals surface area contributed by atoms with Crippen molar-refractivity contribution in [3.05, 3.63) is 29.8 Å². The smallest absolute Gasteiger partial charge is 0.251 e. The number of piperidine rings is 1. The number of amides is 1. The third kappa shape index (κ3) is 5.94. The third-order valence-corrected chi connectivity index (χ3v) is 3.48. The lowest BCUT2D eigenvalue weighted by molar-refractivity contribution is 0.0943. The summed E-state index contributed by atoms with van der Waals surface area (Å²) >= 11 is 0. The highest BCUT2D eigenvalue weighted by Crippen LogP contribution is 2.17. The molecule has 0 radical (unpaired) electrons. The summed E-state index contributed by atoms with van der Waals surface area (Å²) in [6, 6.07) is 7.52. The minimum atomic E-state index is -0.0371. The number of carbonyl (C=O) groups excluding carboxylic acids is 1. The number of halogens is 1. The molecule has 1 aromatic rings. The van der Waals surface area contributed by atoms with E-state index < -0.39 is 0 Å². The van der Waals surface area contributed by atoms with Gasteiger partial charge in [0.15, 0.2) is 0 Å². The molecule has 118 valence electrons. The summed E-state index contributed by atoms with van der Waals surface area (Å²) in [5.41, 5.74) is 0.674. The summed E-state index contributed by atoms with van der Waals surface area (Å²) in [5, 5.41) is 6.22. The zero-order chi connectivity index (χ0) is 14.4. The zero-order valence-electron chi connectivity index (χ0n) is 12.7. The van der Waals surface area contributed by atoms with Crippen molar-refractivity contribution >= 4 is 18.3 Å². The van der Waals surface area contributed by atoms with Gasteiger partial charge in [0, 0.05) is 11.6 Å². The topological polar surface area (TPSA) is 50.4 Å². The van der Waals surface area contributed by atoms with Crippen molar-refractivity contribution in [2.45, 2.75) is 32.7 Å². The van der Waals surface area contributed by atoms with E-state index in [1.54, 1.807) is 0 Å². The van der Waals surface area contributed by atoms with E-state index in [0.29, 0.717) is 11.5 Å². The summed E-state index contributed by atoms with van der Waals surface area (Å²) < 4.78 is 5.80. The van der Waals surface area contributed by atoms with Crippen LogP contribution in [0.1, 0.15) is 37.0 Å². The Hall–Kier alpha value is -1.26. The zero-order valence-corrected chi connectivity index (χ0v) is 13.5. The van der Waals surface area contributed by atoms with Gasteiger partial charge in [0.2, 0.25) is 0 Å². The molecule has 1 fully saturated rings. The fourth-order valence-electron chi connectivity index (χ4n) is 2.31. The van der Waals surface area contributed by atoms with Crippen molar-refractivity contribution in [2.24, 2.45) is 5.92 Å². The molecule has 1 aliphatic rings. The SMILES string of the molecule is CC(C)NC(=O)c1ccc(OCC2CCNCC2)cc1.Cl. The molecule has 2 rings (SSSR count). The van der Waals surface area contributed by atoms with E-state index in [9.17, 15) is 4.79 Å². The van der Waals surface area contributed by atoms with Gasteiger partial charge in [-0.25, -0.2) is 0 Å². The van der Waals surface area contributed by atoms with Gasteiger partial charge in [0.05, 0.1) is 6.61 Å². The molecule has 1 heterocycles. The standard InChI is InChI=1S/C16H24N2O2.ClH/c1-12(2)18-16(19)14-3-5-15(6-4-14)20-11-13-7-9-17-10-8-13;/h3-6,12-13,17H,7-11H2,1-2H3,(H,18,19);1H. The van der Waals surface area contributed by atoms with E-state index in [1.807, 2.05) is 38.1 Å². The Balaban J connectivity index is 0.00000220. The maximum atomic E-state index is 11.8. The van der Waals surface area contributed by atoms with E-state index in [4.69, 9.17) is 4.74 Å². The van der Waals surface area contributed by atoms with Crippen LogP contribution in [0.15, 0.2) is 24.3 Å². The number of benzene rings is 1. The van der Waals surface area contributed by atoms with Gasteiger partial charge in [0.1, 0.15) is 5.75 Å². The van der Waals surface area contributed by atoms with E-state index >= 15 is 0 Å². The number of ether oxygens (including phenoxy) is 1. The van der Waals surface area contributed by atoms with Gasteiger partial charge in [-0.05, 0) is 70.0 Å². The Morgan fingerprint density at radius 3 is 2.48 bits per heavy atom. The highest BCUT2D eigenvalue weighted by atomic mass is 35.5. The Kier molecular flexibility index (Phi) is 7.54. The lowest BCUT2D eigenvalue weighted by Gasteiger charge is -2.22. The second-order valence-corrected chi connectivity index (χ2v) is 5.66. The predicted octanol–water partition coefficient (Wildman–Crippen LogP) is 2.63. The second-order valence-electron chi connectivity index (χ2n) is 5.66. The molecule has 0 saturated carbocycles. The van der Waals surface area contributed by atoms with Gasteiger partial charge >= 0.3 is 0 Å². The first-order valence-electron chi connectivity index (χ1n) is 7.39. The van der Waals surface area contributed by atoms with Crippen LogP contribution >= 0.6 is 12.4 Å². The van der Waals surface area contributed by atoms with Crippen LogP contribution in [0.25, 0.3) is 0 Å². The lowest BCUT2D eigenvalue weighted by atomic mass is 9.99. The molecule has 0 unspecified atom stereocenters. The Labute approximate surface area is 133 Å². The molecule has 4 nitrogen and oxygen atoms in total. The summed E-state index contributed by atoms with van der Waals surface area (Å²) in [4.78, 5) is 11.8. The van der Waals surface area contributed by atoms with Crippen molar-refractivity contribution in [1.82, 2.24) is 10.6 Å². The molecule has 1 amide bonds. The van der Waals surface area contributed by atoms with Gasteiger partial charge in [-0.3, -0.25) is 4.79 Å². The van der Waals surface area contributed by atoms with Crippen LogP contribution in [0, 0.1) is 5.92 Å². The summed E-state index contributed by atoms with van der Waals surface area (Å²) in [7, 11) is 0. The number of hydrogen-bond donors (Lipinski definition) is 2. The number of nitrogens with one attached hydrogen (secondary N) is 2. The van der Waals surface area contributed by atoms with Crippen molar-refractivity contribution < 1.29 is 9.53 Å². The summed E-state index contributed by atoms with van der Waals surface area (Å²) in [6.45, 7) is 6.84. The van der Waals surface area contributed by atoms with Crippen LogP contribution in [0.2, 0.25) is 0 Å². The lowest BCUT2D eigenvalue weighted by Crippen LogP contribution is -2.30. The molecule has 1 aliphatic heterocycles. The van der Waals surface area contributed by atoms with Crippen LogP contribution in [0.3, 0.4) is 0 Å². The maximum Gasteiger partial charge on any atom is 0.251 e. The third-order valence-electron chi connectivity index (χ3n) is 3.48. The molecule has 21 heavy (non-hydrogen) atoms. The van der Waals surface area contributed by atoms with Crippen LogP contribution in [-0.2, 0) is 0 Å². The predicted molar refractivity (Wildman–Crippen MR) is 87.4 cm³/mol. The molecular weight excluding hydrogens is 288 g/mol. The monoisotopic (exact) mass is 312 g/mol. The van der Waals surface area contributed by atoms with Crippen molar-refractivity contribution in [2.75, 3.05) is 19.7 Å². The van der Waals surface area contributed by atoms with Gasteiger partial charge in [-0.15, -0.1) is 12.4 Å². The van der Waals surface area contributed by atoms with Gasteiger partial charge < -0.3 is 15.4 Å². The molecule has 0 aromatic heterocycles. The molecular formula is C16H25ClN2O2. The van der Waals surface area contributed by atoms with Crippen LogP contribution in [0.5, 0.6) is 5.75 Å². The average Bonchev–Trinajstić information content (AvgIpc) is 2.46. The minimum Gasteiger partial charge on any atom is -0.493 e. The molecule has 2 N–H and O–H groups in total. The normalized spacial score (nSPS) is 15.4. The van der Waals surface area contributed by atoms with Crippen LogP contribution in [0.4, 0.5) is 0 Å². The molecule has 0 bridgehead atoms. The largest absolute Gasteiger partial charge is 0.493 e. The van der Waals surface area contributed by atoms with Crippen molar-refractivity contribution in [1.29, 1.82) is 0 Å². The second kappa shape index (κ2) is 8.90. The van der Waals surface area contributed by atoms with E-state index in [-0.39, 0.29) is 24.4 Å². The number of hydrogen-bond acceptors (Lipinski definition) is 3. The van der Waals surface area contributed by atoms with Crippen molar-refractivity contribution in [3.63, 3.8) is 0 Å². The van der Waals surface area contributed by atoms with E-state index in [2.05, 4.69) is 10.6 Å². The van der Waals surface area contributed by atoms with E-state index in [1.165, 1.54) is 12.8 Å². The maximum absolute atomic E-state index is 11.8. The summed E-state index contributed by atoms with van der Waals surface area (Å²) in [6.07, 6.45) is 2.35. The first-order valence-corrected chi connectivity index (χ1v) is 7.39. The Bertz CT molecular complexity index is 428. The molecule has 5 heteroatoms. The molecule has 1 aromatic carbocycles. The Morgan fingerprint density at radius 1 is 1.29 bits per heavy atom. The van der Waals surface area contributed by atoms with Crippen molar-refractivity contribution in [3.8, 4) is 5.75 Å². The first-order chi connectivity index (χ1) is 9.65. The fraction of sp³-hybridized carbons (Fsp3) is 0.562. The number of rotatable bonds is 5. The highest BCUT2D eigenvalue weighted by molar-refractivity contribution is 5.94. The highest BCUT2D eigenvalue weighted by Gasteiger charge is 2.13. The minimum absolute atomic E-state index is 0. The molecule has 0 aliphatic carbocycles. The van der Waals surface area contributed by atoms with Crippen LogP contribution in [-0.4, -0.2) is 31.6 Å². The fourth-order valence-corrected chi connectivity index (χ4v) is 2.31. The molecule has 0 spiro atoms. The first kappa shape index (κ1) is 17.8. The van der Waals surface area contributed by atoms with Gasteiger partial charge in [0.25, 0.3) is 5.91 Å². The average molecular weight is 313 g/mol. The van der Waals surface area contributed by atoms with Gasteiger partial charge in [-0.2, -0.15) is 0 Å². The van der Waals surface area contributed by atoms with Gasteiger partial charge in [-0.1, -0.05) is 0 Å². The quantitative estimate of drug-likeness (QED) is 0.879. The number of carbonyl (C=O) groups is 1. The van der Waals surface area contributed by atoms with E-state index in [0.717, 1.165) is 25.4 Å². The summed E-state index contributed by atoms with van der Waals surface area (Å²) in [5.74, 6) is 1.44. The Morgan fingerprint density at radius 2 is 1.90 bits per heavy atom. The molecule has 0 atom stereocenters. The van der Waals surface area contributed by atoms with Crippen LogP contribution < -0.4 is 15.4 Å².